The molecule has 0 aromatic heterocycles. The Bertz CT molecular complexity index is 610. The number of alkyl halides is 2. The van der Waals surface area contributed by atoms with E-state index in [-0.39, 0.29) is 13.2 Å². The van der Waals surface area contributed by atoms with Gasteiger partial charge < -0.3 is 14.2 Å². The van der Waals surface area contributed by atoms with Gasteiger partial charge >= 0.3 is 18.0 Å². The summed E-state index contributed by atoms with van der Waals surface area (Å²) in [4.78, 5) is 34.7. The van der Waals surface area contributed by atoms with E-state index < -0.39 is 27.4 Å². The van der Waals surface area contributed by atoms with E-state index in [9.17, 15) is 14.4 Å². The van der Waals surface area contributed by atoms with E-state index in [1.807, 2.05) is 0 Å². The molecule has 9 heteroatoms. The SMILES string of the molecule is CC(C)(C)OC(=O)Nc1ccc(C(=O)OCCOC(=O)C(Br)Br)cc1. The van der Waals surface area contributed by atoms with Gasteiger partial charge in [0, 0.05) is 5.69 Å². The molecule has 0 unspecified atom stereocenters. The summed E-state index contributed by atoms with van der Waals surface area (Å²) in [6, 6.07) is 6.13. The van der Waals surface area contributed by atoms with Crippen molar-refractivity contribution in [3.05, 3.63) is 29.8 Å². The van der Waals surface area contributed by atoms with Crippen molar-refractivity contribution in [2.75, 3.05) is 18.5 Å². The molecule has 0 atom stereocenters. The average Bonchev–Trinajstić information content (AvgIpc) is 2.49. The lowest BCUT2D eigenvalue weighted by Gasteiger charge is -2.19. The highest BCUT2D eigenvalue weighted by atomic mass is 79.9. The topological polar surface area (TPSA) is 90.9 Å². The van der Waals surface area contributed by atoms with Crippen LogP contribution in [0, 0.1) is 0 Å². The molecular formula is C16H19Br2NO6. The molecule has 0 spiro atoms. The minimum absolute atomic E-state index is 0.0451. The Hall–Kier alpha value is -1.61. The third kappa shape index (κ3) is 8.87. The Balaban J connectivity index is 2.43. The summed E-state index contributed by atoms with van der Waals surface area (Å²) in [6.45, 7) is 5.18. The second-order valence-electron chi connectivity index (χ2n) is 5.81. The third-order valence-electron chi connectivity index (χ3n) is 2.50. The number of halogens is 2. The number of hydrogen-bond donors (Lipinski definition) is 1. The number of amides is 1. The van der Waals surface area contributed by atoms with Gasteiger partial charge in [0.1, 0.15) is 18.8 Å². The van der Waals surface area contributed by atoms with Crippen LogP contribution in [0.15, 0.2) is 24.3 Å². The monoisotopic (exact) mass is 479 g/mol. The highest BCUT2D eigenvalue weighted by Crippen LogP contribution is 2.14. The Morgan fingerprint density at radius 2 is 1.60 bits per heavy atom. The molecule has 0 aliphatic heterocycles. The molecule has 25 heavy (non-hydrogen) atoms. The summed E-state index contributed by atoms with van der Waals surface area (Å²) in [5.74, 6) is -1.07. The first kappa shape index (κ1) is 21.4. The molecule has 0 radical (unpaired) electrons. The number of carbonyl (C=O) groups is 3. The molecule has 0 aliphatic rings. The predicted octanol–water partition coefficient (Wildman–Crippen LogP) is 3.85. The summed E-state index contributed by atoms with van der Waals surface area (Å²) >= 11 is 5.99. The quantitative estimate of drug-likeness (QED) is 0.288. The van der Waals surface area contributed by atoms with Gasteiger partial charge in [0.2, 0.25) is 0 Å². The van der Waals surface area contributed by atoms with Crippen molar-refractivity contribution in [3.8, 4) is 0 Å². The summed E-state index contributed by atoms with van der Waals surface area (Å²) in [6.07, 6.45) is -0.582. The highest BCUT2D eigenvalue weighted by molar-refractivity contribution is 9.25. The zero-order chi connectivity index (χ0) is 19.0. The van der Waals surface area contributed by atoms with Crippen LogP contribution in [0.4, 0.5) is 10.5 Å². The number of anilines is 1. The van der Waals surface area contributed by atoms with Crippen LogP contribution in [0.5, 0.6) is 0 Å². The van der Waals surface area contributed by atoms with Crippen LogP contribution in [0.3, 0.4) is 0 Å². The fourth-order valence-corrected chi connectivity index (χ4v) is 1.80. The summed E-state index contributed by atoms with van der Waals surface area (Å²) in [7, 11) is 0. The Kier molecular flexibility index (Phi) is 8.37. The maximum absolute atomic E-state index is 11.9. The van der Waals surface area contributed by atoms with E-state index in [1.165, 1.54) is 12.1 Å². The predicted molar refractivity (Wildman–Crippen MR) is 99.2 cm³/mol. The van der Waals surface area contributed by atoms with Gasteiger partial charge in [0.25, 0.3) is 0 Å². The second-order valence-corrected chi connectivity index (χ2v) is 8.87. The number of esters is 2. The van der Waals surface area contributed by atoms with Crippen molar-refractivity contribution < 1.29 is 28.6 Å². The Morgan fingerprint density at radius 3 is 2.12 bits per heavy atom. The largest absolute Gasteiger partial charge is 0.461 e. The molecule has 1 aromatic rings. The van der Waals surface area contributed by atoms with Crippen molar-refractivity contribution >= 4 is 55.6 Å². The summed E-state index contributed by atoms with van der Waals surface area (Å²) in [5, 5.41) is 2.56. The minimum atomic E-state index is -0.597. The molecule has 1 rings (SSSR count). The maximum atomic E-state index is 11.9. The first-order chi connectivity index (χ1) is 11.6. The van der Waals surface area contributed by atoms with Crippen molar-refractivity contribution in [3.63, 3.8) is 0 Å². The van der Waals surface area contributed by atoms with Gasteiger partial charge in [-0.25, -0.2) is 14.4 Å². The first-order valence-corrected chi connectivity index (χ1v) is 9.13. The lowest BCUT2D eigenvalue weighted by atomic mass is 10.2. The van der Waals surface area contributed by atoms with Crippen LogP contribution in [0.1, 0.15) is 31.1 Å². The molecule has 0 fully saturated rings. The van der Waals surface area contributed by atoms with E-state index in [2.05, 4.69) is 37.2 Å². The van der Waals surface area contributed by atoms with E-state index in [0.29, 0.717) is 11.3 Å². The van der Waals surface area contributed by atoms with Crippen molar-refractivity contribution in [2.45, 2.75) is 30.1 Å². The lowest BCUT2D eigenvalue weighted by molar-refractivity contribution is -0.142. The van der Waals surface area contributed by atoms with Crippen LogP contribution in [0.2, 0.25) is 0 Å². The normalized spacial score (nSPS) is 11.0. The molecular weight excluding hydrogens is 462 g/mol. The number of benzene rings is 1. The maximum Gasteiger partial charge on any atom is 0.412 e. The van der Waals surface area contributed by atoms with Crippen molar-refractivity contribution in [1.29, 1.82) is 0 Å². The van der Waals surface area contributed by atoms with Gasteiger partial charge in [-0.05, 0) is 45.0 Å². The van der Waals surface area contributed by atoms with Gasteiger partial charge in [0.05, 0.1) is 5.56 Å². The number of hydrogen-bond acceptors (Lipinski definition) is 6. The van der Waals surface area contributed by atoms with E-state index in [0.717, 1.165) is 0 Å². The average molecular weight is 481 g/mol. The minimum Gasteiger partial charge on any atom is -0.461 e. The number of nitrogens with one attached hydrogen (secondary N) is 1. The fourth-order valence-electron chi connectivity index (χ4n) is 1.53. The van der Waals surface area contributed by atoms with Gasteiger partial charge in [0.15, 0.2) is 3.74 Å². The molecule has 1 amide bonds. The molecule has 0 aliphatic carbocycles. The fraction of sp³-hybridized carbons (Fsp3) is 0.438. The van der Waals surface area contributed by atoms with E-state index in [4.69, 9.17) is 14.2 Å². The summed E-state index contributed by atoms with van der Waals surface area (Å²) < 4.78 is 14.3. The molecule has 7 nitrogen and oxygen atoms in total. The highest BCUT2D eigenvalue weighted by Gasteiger charge is 2.16. The van der Waals surface area contributed by atoms with Crippen molar-refractivity contribution in [1.82, 2.24) is 0 Å². The number of rotatable bonds is 6. The standard InChI is InChI=1S/C16H19Br2NO6/c1-16(2,3)25-15(22)19-11-6-4-10(5-7-11)13(20)23-8-9-24-14(21)12(17)18/h4-7,12H,8-9H2,1-3H3,(H,19,22). The van der Waals surface area contributed by atoms with Gasteiger partial charge in [-0.3, -0.25) is 5.32 Å². The smallest absolute Gasteiger partial charge is 0.412 e. The molecule has 0 saturated carbocycles. The van der Waals surface area contributed by atoms with Crippen LogP contribution >= 0.6 is 31.9 Å². The van der Waals surface area contributed by atoms with Gasteiger partial charge in [-0.2, -0.15) is 0 Å². The lowest BCUT2D eigenvalue weighted by Crippen LogP contribution is -2.27. The summed E-state index contributed by atoms with van der Waals surface area (Å²) in [5.41, 5.74) is 0.196. The molecule has 0 bridgehead atoms. The molecule has 1 N–H and O–H groups in total. The molecule has 1 aromatic carbocycles. The number of carbonyl (C=O) groups excluding carboxylic acids is 3. The van der Waals surface area contributed by atoms with Crippen LogP contribution in [-0.4, -0.2) is 40.6 Å². The Morgan fingerprint density at radius 1 is 1.04 bits per heavy atom. The molecule has 0 saturated heterocycles. The zero-order valence-corrected chi connectivity index (χ0v) is 17.2. The number of ether oxygens (including phenoxy) is 3. The van der Waals surface area contributed by atoms with Crippen molar-refractivity contribution in [2.24, 2.45) is 0 Å². The second kappa shape index (κ2) is 9.76. The third-order valence-corrected chi connectivity index (χ3v) is 3.25. The van der Waals surface area contributed by atoms with Crippen LogP contribution in [-0.2, 0) is 19.0 Å². The van der Waals surface area contributed by atoms with Crippen LogP contribution < -0.4 is 5.32 Å². The van der Waals surface area contributed by atoms with Gasteiger partial charge in [-0.1, -0.05) is 31.9 Å². The van der Waals surface area contributed by atoms with Crippen LogP contribution in [0.25, 0.3) is 0 Å². The molecule has 138 valence electrons. The zero-order valence-electron chi connectivity index (χ0n) is 14.0. The first-order valence-electron chi connectivity index (χ1n) is 7.30. The van der Waals surface area contributed by atoms with E-state index in [1.54, 1.807) is 32.9 Å². The van der Waals surface area contributed by atoms with Gasteiger partial charge in [-0.15, -0.1) is 0 Å². The Labute approximate surface area is 162 Å². The van der Waals surface area contributed by atoms with E-state index >= 15 is 0 Å². The molecule has 0 heterocycles.